The van der Waals surface area contributed by atoms with Gasteiger partial charge in [0.25, 0.3) is 5.91 Å². The summed E-state index contributed by atoms with van der Waals surface area (Å²) >= 11 is 0. The van der Waals surface area contributed by atoms with Gasteiger partial charge in [0, 0.05) is 23.8 Å². The first-order valence-electron chi connectivity index (χ1n) is 6.30. The van der Waals surface area contributed by atoms with Crippen LogP contribution in [0.4, 0.5) is 13.2 Å². The number of carbonyl (C=O) groups excluding carboxylic acids is 1. The minimum atomic E-state index is -4.47. The molecule has 7 heteroatoms. The standard InChI is InChI=1S/C13H12F3N3O/c14-13(15,16)7-4-9-10(6-18-11(9)17-5-7)12(20)19-8-2-1-3-8/h4-6,8H,1-3H2,(H,17,18)(H,19,20). The maximum atomic E-state index is 12.7. The summed E-state index contributed by atoms with van der Waals surface area (Å²) in [7, 11) is 0. The zero-order valence-corrected chi connectivity index (χ0v) is 10.4. The molecule has 1 saturated carbocycles. The van der Waals surface area contributed by atoms with Gasteiger partial charge in [-0.15, -0.1) is 0 Å². The van der Waals surface area contributed by atoms with Crippen molar-refractivity contribution in [3.63, 3.8) is 0 Å². The second-order valence-electron chi connectivity index (χ2n) is 4.92. The number of rotatable bonds is 2. The molecule has 0 spiro atoms. The maximum Gasteiger partial charge on any atom is 0.417 e. The Balaban J connectivity index is 1.96. The van der Waals surface area contributed by atoms with E-state index in [4.69, 9.17) is 0 Å². The number of nitrogens with one attached hydrogen (secondary N) is 2. The second kappa shape index (κ2) is 4.50. The van der Waals surface area contributed by atoms with Crippen molar-refractivity contribution in [1.82, 2.24) is 15.3 Å². The van der Waals surface area contributed by atoms with E-state index in [1.54, 1.807) is 0 Å². The molecule has 0 bridgehead atoms. The average molecular weight is 283 g/mol. The van der Waals surface area contributed by atoms with Gasteiger partial charge in [0.2, 0.25) is 0 Å². The Morgan fingerprint density at radius 2 is 2.15 bits per heavy atom. The van der Waals surface area contributed by atoms with Crippen LogP contribution in [-0.4, -0.2) is 21.9 Å². The maximum absolute atomic E-state index is 12.7. The number of aromatic nitrogens is 2. The molecule has 0 saturated heterocycles. The number of pyridine rings is 1. The van der Waals surface area contributed by atoms with Crippen molar-refractivity contribution in [1.29, 1.82) is 0 Å². The van der Waals surface area contributed by atoms with Crippen molar-refractivity contribution in [2.24, 2.45) is 0 Å². The van der Waals surface area contributed by atoms with Crippen LogP contribution in [0, 0.1) is 0 Å². The molecule has 1 aliphatic rings. The lowest BCUT2D eigenvalue weighted by molar-refractivity contribution is -0.137. The van der Waals surface area contributed by atoms with Gasteiger partial charge in [0.1, 0.15) is 5.65 Å². The Morgan fingerprint density at radius 1 is 1.40 bits per heavy atom. The fourth-order valence-corrected chi connectivity index (χ4v) is 2.16. The molecule has 3 rings (SSSR count). The quantitative estimate of drug-likeness (QED) is 0.890. The lowest BCUT2D eigenvalue weighted by Crippen LogP contribution is -2.39. The Morgan fingerprint density at radius 3 is 2.75 bits per heavy atom. The first-order chi connectivity index (χ1) is 9.45. The Labute approximate surface area is 112 Å². The first kappa shape index (κ1) is 13.0. The molecule has 2 aromatic rings. The number of alkyl halides is 3. The van der Waals surface area contributed by atoms with Crippen LogP contribution >= 0.6 is 0 Å². The topological polar surface area (TPSA) is 57.8 Å². The van der Waals surface area contributed by atoms with Gasteiger partial charge in [-0.2, -0.15) is 13.2 Å². The number of hydrogen-bond acceptors (Lipinski definition) is 2. The number of halogens is 3. The predicted molar refractivity (Wildman–Crippen MR) is 66.2 cm³/mol. The zero-order chi connectivity index (χ0) is 14.3. The second-order valence-corrected chi connectivity index (χ2v) is 4.92. The van der Waals surface area contributed by atoms with Crippen molar-refractivity contribution in [2.45, 2.75) is 31.5 Å². The molecule has 20 heavy (non-hydrogen) atoms. The molecule has 0 radical (unpaired) electrons. The Kier molecular flexibility index (Phi) is 2.92. The molecule has 0 aromatic carbocycles. The largest absolute Gasteiger partial charge is 0.417 e. The number of nitrogens with zero attached hydrogens (tertiary/aromatic N) is 1. The molecule has 2 aromatic heterocycles. The van der Waals surface area contributed by atoms with E-state index < -0.39 is 11.7 Å². The molecule has 1 fully saturated rings. The Hall–Kier alpha value is -2.05. The molecular weight excluding hydrogens is 271 g/mol. The van der Waals surface area contributed by atoms with E-state index in [1.165, 1.54) is 6.20 Å². The van der Waals surface area contributed by atoms with E-state index in [-0.39, 0.29) is 28.5 Å². The van der Waals surface area contributed by atoms with Crippen LogP contribution < -0.4 is 5.32 Å². The van der Waals surface area contributed by atoms with E-state index in [1.807, 2.05) is 0 Å². The number of fused-ring (bicyclic) bond motifs is 1. The summed E-state index contributed by atoms with van der Waals surface area (Å²) in [5, 5.41) is 2.99. The summed E-state index contributed by atoms with van der Waals surface area (Å²) in [5.74, 6) is -0.359. The molecule has 1 aliphatic carbocycles. The normalized spacial score (nSPS) is 16.1. The van der Waals surface area contributed by atoms with Crippen LogP contribution in [0.15, 0.2) is 18.5 Å². The third-order valence-corrected chi connectivity index (χ3v) is 3.54. The van der Waals surface area contributed by atoms with Gasteiger partial charge < -0.3 is 10.3 Å². The number of H-pyrrole nitrogens is 1. The van der Waals surface area contributed by atoms with Crippen molar-refractivity contribution < 1.29 is 18.0 Å². The highest BCUT2D eigenvalue weighted by Gasteiger charge is 2.32. The highest BCUT2D eigenvalue weighted by Crippen LogP contribution is 2.31. The van der Waals surface area contributed by atoms with Crippen LogP contribution in [0.1, 0.15) is 35.2 Å². The summed E-state index contributed by atoms with van der Waals surface area (Å²) < 4.78 is 38.0. The van der Waals surface area contributed by atoms with E-state index >= 15 is 0 Å². The van der Waals surface area contributed by atoms with Crippen molar-refractivity contribution in [2.75, 3.05) is 0 Å². The molecule has 1 amide bonds. The van der Waals surface area contributed by atoms with Crippen LogP contribution in [0.3, 0.4) is 0 Å². The van der Waals surface area contributed by atoms with E-state index in [0.717, 1.165) is 31.5 Å². The molecule has 4 nitrogen and oxygen atoms in total. The summed E-state index contributed by atoms with van der Waals surface area (Å²) in [4.78, 5) is 18.5. The fraction of sp³-hybridized carbons (Fsp3) is 0.385. The van der Waals surface area contributed by atoms with Crippen LogP contribution in [0.2, 0.25) is 0 Å². The van der Waals surface area contributed by atoms with Crippen LogP contribution in [-0.2, 0) is 6.18 Å². The minimum absolute atomic E-state index is 0.131. The lowest BCUT2D eigenvalue weighted by atomic mass is 9.93. The molecule has 0 unspecified atom stereocenters. The summed E-state index contributed by atoms with van der Waals surface area (Å²) in [6.45, 7) is 0. The summed E-state index contributed by atoms with van der Waals surface area (Å²) in [6.07, 6.45) is 0.581. The molecule has 0 aliphatic heterocycles. The van der Waals surface area contributed by atoms with Crippen molar-refractivity contribution in [3.8, 4) is 0 Å². The highest BCUT2D eigenvalue weighted by molar-refractivity contribution is 6.06. The summed E-state index contributed by atoms with van der Waals surface area (Å²) in [5.41, 5.74) is -0.385. The van der Waals surface area contributed by atoms with Gasteiger partial charge in [-0.25, -0.2) is 4.98 Å². The molecule has 2 N–H and O–H groups in total. The van der Waals surface area contributed by atoms with Gasteiger partial charge >= 0.3 is 6.18 Å². The van der Waals surface area contributed by atoms with Gasteiger partial charge in [-0.3, -0.25) is 4.79 Å². The smallest absolute Gasteiger partial charge is 0.349 e. The van der Waals surface area contributed by atoms with Crippen LogP contribution in [0.25, 0.3) is 11.0 Å². The number of aromatic amines is 1. The predicted octanol–water partition coefficient (Wildman–Crippen LogP) is 2.86. The SMILES string of the molecule is O=C(NC1CCC1)c1c[nH]c2ncc(C(F)(F)F)cc12. The van der Waals surface area contributed by atoms with Crippen molar-refractivity contribution >= 4 is 16.9 Å². The third kappa shape index (κ3) is 2.23. The minimum Gasteiger partial charge on any atom is -0.349 e. The van der Waals surface area contributed by atoms with Crippen LogP contribution in [0.5, 0.6) is 0 Å². The first-order valence-corrected chi connectivity index (χ1v) is 6.30. The Bertz CT molecular complexity index is 658. The number of carbonyl (C=O) groups is 1. The zero-order valence-electron chi connectivity index (χ0n) is 10.4. The van der Waals surface area contributed by atoms with Gasteiger partial charge in [0.15, 0.2) is 0 Å². The molecular formula is C13H12F3N3O. The summed E-state index contributed by atoms with van der Waals surface area (Å²) in [6, 6.07) is 1.08. The average Bonchev–Trinajstić information content (AvgIpc) is 2.75. The molecule has 2 heterocycles. The third-order valence-electron chi connectivity index (χ3n) is 3.54. The molecule has 0 atom stereocenters. The monoisotopic (exact) mass is 283 g/mol. The number of hydrogen-bond donors (Lipinski definition) is 2. The van der Waals surface area contributed by atoms with Gasteiger partial charge in [0.05, 0.1) is 11.1 Å². The number of amides is 1. The molecule has 106 valence electrons. The van der Waals surface area contributed by atoms with E-state index in [9.17, 15) is 18.0 Å². The van der Waals surface area contributed by atoms with Crippen molar-refractivity contribution in [3.05, 3.63) is 29.6 Å². The van der Waals surface area contributed by atoms with E-state index in [2.05, 4.69) is 15.3 Å². The highest BCUT2D eigenvalue weighted by atomic mass is 19.4. The fourth-order valence-electron chi connectivity index (χ4n) is 2.16. The lowest BCUT2D eigenvalue weighted by Gasteiger charge is -2.26. The van der Waals surface area contributed by atoms with Gasteiger partial charge in [-0.1, -0.05) is 0 Å². The van der Waals surface area contributed by atoms with E-state index in [0.29, 0.717) is 0 Å². The van der Waals surface area contributed by atoms with Gasteiger partial charge in [-0.05, 0) is 25.3 Å².